The monoisotopic (exact) mass is 239 g/mol. The quantitative estimate of drug-likeness (QED) is 0.789. The molecule has 0 spiro atoms. The zero-order valence-electron chi connectivity index (χ0n) is 10.9. The molecule has 0 aliphatic rings. The largest absolute Gasteiger partial charge is 0.491 e. The first-order valence-corrected chi connectivity index (χ1v) is 6.12. The van der Waals surface area contributed by atoms with Gasteiger partial charge in [0.05, 0.1) is 0 Å². The predicted octanol–water partition coefficient (Wildman–Crippen LogP) is 3.09. The number of hydrogen-bond acceptors (Lipinski definition) is 2. The zero-order valence-corrected chi connectivity index (χ0v) is 10.9. The number of ether oxygens (including phenoxy) is 1. The van der Waals surface area contributed by atoms with Gasteiger partial charge in [0.2, 0.25) is 0 Å². The molecule has 0 aliphatic carbocycles. The molecule has 0 radical (unpaired) electrons. The first-order valence-electron chi connectivity index (χ1n) is 6.12. The Hall–Kier alpha value is -1.09. The van der Waals surface area contributed by atoms with E-state index in [1.807, 2.05) is 19.1 Å². The van der Waals surface area contributed by atoms with Crippen molar-refractivity contribution >= 4 is 0 Å². The van der Waals surface area contributed by atoms with Crippen molar-refractivity contribution in [2.24, 2.45) is 5.92 Å². The van der Waals surface area contributed by atoms with Crippen molar-refractivity contribution in [2.45, 2.75) is 27.3 Å². The highest BCUT2D eigenvalue weighted by atomic mass is 19.1. The van der Waals surface area contributed by atoms with Crippen molar-refractivity contribution in [3.63, 3.8) is 0 Å². The van der Waals surface area contributed by atoms with Gasteiger partial charge in [-0.15, -0.1) is 0 Å². The van der Waals surface area contributed by atoms with Crippen LogP contribution in [-0.2, 0) is 6.54 Å². The Morgan fingerprint density at radius 1 is 1.35 bits per heavy atom. The Labute approximate surface area is 103 Å². The number of benzene rings is 1. The Balaban J connectivity index is 2.62. The van der Waals surface area contributed by atoms with E-state index < -0.39 is 6.67 Å². The van der Waals surface area contributed by atoms with Gasteiger partial charge in [0.1, 0.15) is 19.0 Å². The molecule has 0 amide bonds. The summed E-state index contributed by atoms with van der Waals surface area (Å²) in [5, 5.41) is 3.37. The first kappa shape index (κ1) is 14.0. The summed E-state index contributed by atoms with van der Waals surface area (Å²) in [5.41, 5.74) is 2.29. The second-order valence-electron chi connectivity index (χ2n) is 4.67. The molecular weight excluding hydrogens is 217 g/mol. The average Bonchev–Trinajstić information content (AvgIpc) is 2.27. The van der Waals surface area contributed by atoms with Crippen LogP contribution in [0.3, 0.4) is 0 Å². The Morgan fingerprint density at radius 2 is 2.12 bits per heavy atom. The molecule has 0 unspecified atom stereocenters. The van der Waals surface area contributed by atoms with Gasteiger partial charge in [-0.05, 0) is 25.5 Å². The van der Waals surface area contributed by atoms with E-state index in [2.05, 4.69) is 25.2 Å². The van der Waals surface area contributed by atoms with Gasteiger partial charge in [0.25, 0.3) is 0 Å². The van der Waals surface area contributed by atoms with E-state index in [1.165, 1.54) is 5.56 Å². The van der Waals surface area contributed by atoms with Crippen LogP contribution in [0.2, 0.25) is 0 Å². The molecule has 17 heavy (non-hydrogen) atoms. The molecule has 0 saturated heterocycles. The maximum absolute atomic E-state index is 12.1. The van der Waals surface area contributed by atoms with Gasteiger partial charge in [0, 0.05) is 12.1 Å². The van der Waals surface area contributed by atoms with Gasteiger partial charge in [-0.2, -0.15) is 0 Å². The fourth-order valence-corrected chi connectivity index (χ4v) is 1.63. The highest BCUT2D eigenvalue weighted by Crippen LogP contribution is 2.20. The lowest BCUT2D eigenvalue weighted by Gasteiger charge is -2.13. The molecule has 3 heteroatoms. The molecule has 96 valence electrons. The molecule has 0 heterocycles. The molecule has 0 bridgehead atoms. The smallest absolute Gasteiger partial charge is 0.123 e. The second-order valence-corrected chi connectivity index (χ2v) is 4.67. The van der Waals surface area contributed by atoms with Crippen LogP contribution < -0.4 is 10.1 Å². The van der Waals surface area contributed by atoms with Gasteiger partial charge in [-0.1, -0.05) is 31.5 Å². The predicted molar refractivity (Wildman–Crippen MR) is 69.2 cm³/mol. The van der Waals surface area contributed by atoms with Crippen molar-refractivity contribution in [2.75, 3.05) is 19.8 Å². The van der Waals surface area contributed by atoms with Gasteiger partial charge in [-0.25, -0.2) is 4.39 Å². The number of rotatable bonds is 7. The third-order valence-electron chi connectivity index (χ3n) is 2.42. The standard InChI is InChI=1S/C14H22FNO/c1-11(2)9-16-10-13-8-12(3)4-5-14(13)17-7-6-15/h4-5,8,11,16H,6-7,9-10H2,1-3H3. The van der Waals surface area contributed by atoms with Crippen molar-refractivity contribution < 1.29 is 9.13 Å². The van der Waals surface area contributed by atoms with E-state index >= 15 is 0 Å². The third kappa shape index (κ3) is 5.18. The van der Waals surface area contributed by atoms with Gasteiger partial charge in [-0.3, -0.25) is 0 Å². The minimum atomic E-state index is -0.452. The maximum atomic E-state index is 12.1. The molecule has 0 fully saturated rings. The summed E-state index contributed by atoms with van der Waals surface area (Å²) in [6.45, 7) is 7.79. The number of aryl methyl sites for hydroxylation is 1. The van der Waals surface area contributed by atoms with Crippen LogP contribution >= 0.6 is 0 Å². The van der Waals surface area contributed by atoms with E-state index in [0.717, 1.165) is 24.4 Å². The van der Waals surface area contributed by atoms with Crippen molar-refractivity contribution in [1.29, 1.82) is 0 Å². The Kier molecular flexibility index (Phi) is 5.98. The number of alkyl halides is 1. The topological polar surface area (TPSA) is 21.3 Å². The maximum Gasteiger partial charge on any atom is 0.123 e. The molecule has 1 aromatic rings. The average molecular weight is 239 g/mol. The van der Waals surface area contributed by atoms with Crippen LogP contribution in [0.25, 0.3) is 0 Å². The summed E-state index contributed by atoms with van der Waals surface area (Å²) < 4.78 is 17.5. The van der Waals surface area contributed by atoms with Crippen LogP contribution in [-0.4, -0.2) is 19.8 Å². The van der Waals surface area contributed by atoms with Crippen molar-refractivity contribution in [3.05, 3.63) is 29.3 Å². The lowest BCUT2D eigenvalue weighted by Crippen LogP contribution is -2.19. The minimum absolute atomic E-state index is 0.125. The van der Waals surface area contributed by atoms with Crippen LogP contribution in [0.15, 0.2) is 18.2 Å². The van der Waals surface area contributed by atoms with E-state index in [9.17, 15) is 4.39 Å². The summed E-state index contributed by atoms with van der Waals surface area (Å²) in [4.78, 5) is 0. The van der Waals surface area contributed by atoms with Crippen LogP contribution in [0.4, 0.5) is 4.39 Å². The normalized spacial score (nSPS) is 10.9. The summed E-state index contributed by atoms with van der Waals surface area (Å²) in [5.74, 6) is 1.40. The number of halogens is 1. The summed E-state index contributed by atoms with van der Waals surface area (Å²) in [7, 11) is 0. The fourth-order valence-electron chi connectivity index (χ4n) is 1.63. The Bertz CT molecular complexity index is 339. The molecule has 1 N–H and O–H groups in total. The van der Waals surface area contributed by atoms with Gasteiger partial charge < -0.3 is 10.1 Å². The molecule has 0 aliphatic heterocycles. The third-order valence-corrected chi connectivity index (χ3v) is 2.42. The zero-order chi connectivity index (χ0) is 12.7. The molecular formula is C14H22FNO. The second kappa shape index (κ2) is 7.28. The summed E-state index contributed by atoms with van der Waals surface area (Å²) >= 11 is 0. The first-order chi connectivity index (χ1) is 8.13. The summed E-state index contributed by atoms with van der Waals surface area (Å²) in [6.07, 6.45) is 0. The number of nitrogens with one attached hydrogen (secondary N) is 1. The fraction of sp³-hybridized carbons (Fsp3) is 0.571. The van der Waals surface area contributed by atoms with Crippen LogP contribution in [0.1, 0.15) is 25.0 Å². The molecule has 0 aromatic heterocycles. The highest BCUT2D eigenvalue weighted by Gasteiger charge is 2.04. The summed E-state index contributed by atoms with van der Waals surface area (Å²) in [6, 6.07) is 5.98. The van der Waals surface area contributed by atoms with Crippen LogP contribution in [0.5, 0.6) is 5.75 Å². The van der Waals surface area contributed by atoms with E-state index in [1.54, 1.807) is 0 Å². The molecule has 0 saturated carbocycles. The van der Waals surface area contributed by atoms with E-state index in [-0.39, 0.29) is 6.61 Å². The van der Waals surface area contributed by atoms with Crippen molar-refractivity contribution in [3.8, 4) is 5.75 Å². The molecule has 2 nitrogen and oxygen atoms in total. The SMILES string of the molecule is Cc1ccc(OCCF)c(CNCC(C)C)c1. The number of hydrogen-bond donors (Lipinski definition) is 1. The van der Waals surface area contributed by atoms with Gasteiger partial charge >= 0.3 is 0 Å². The highest BCUT2D eigenvalue weighted by molar-refractivity contribution is 5.36. The molecule has 0 atom stereocenters. The van der Waals surface area contributed by atoms with Crippen molar-refractivity contribution in [1.82, 2.24) is 5.32 Å². The molecule has 1 rings (SSSR count). The molecule has 1 aromatic carbocycles. The van der Waals surface area contributed by atoms with E-state index in [4.69, 9.17) is 4.74 Å². The lowest BCUT2D eigenvalue weighted by molar-refractivity contribution is 0.270. The van der Waals surface area contributed by atoms with Crippen LogP contribution in [0, 0.1) is 12.8 Å². The lowest BCUT2D eigenvalue weighted by atomic mass is 10.1. The van der Waals surface area contributed by atoms with Gasteiger partial charge in [0.15, 0.2) is 0 Å². The Morgan fingerprint density at radius 3 is 2.76 bits per heavy atom. The minimum Gasteiger partial charge on any atom is -0.491 e. The van der Waals surface area contributed by atoms with E-state index in [0.29, 0.717) is 5.92 Å².